The quantitative estimate of drug-likeness (QED) is 0.809. The molecule has 1 aromatic carbocycles. The van der Waals surface area contributed by atoms with Crippen LogP contribution in [0.2, 0.25) is 0 Å². The second-order valence-corrected chi connectivity index (χ2v) is 5.10. The predicted octanol–water partition coefficient (Wildman–Crippen LogP) is 2.13. The first-order chi connectivity index (χ1) is 10.1. The summed E-state index contributed by atoms with van der Waals surface area (Å²) in [6.07, 6.45) is 1.97. The van der Waals surface area contributed by atoms with Crippen LogP contribution >= 0.6 is 0 Å². The lowest BCUT2D eigenvalue weighted by Gasteiger charge is -2.25. The van der Waals surface area contributed by atoms with Gasteiger partial charge in [-0.05, 0) is 25.5 Å². The molecule has 0 saturated carbocycles. The highest BCUT2D eigenvalue weighted by atomic mass is 16.2. The normalized spacial score (nSPS) is 10.7. The van der Waals surface area contributed by atoms with E-state index in [1.807, 2.05) is 42.3 Å². The van der Waals surface area contributed by atoms with Crippen LogP contribution in [0, 0.1) is 0 Å². The Hall–Kier alpha value is -1.88. The monoisotopic (exact) mass is 291 g/mol. The van der Waals surface area contributed by atoms with Crippen LogP contribution in [-0.4, -0.2) is 36.5 Å². The summed E-state index contributed by atoms with van der Waals surface area (Å²) in [5.41, 5.74) is 0.995. The highest BCUT2D eigenvalue weighted by Crippen LogP contribution is 2.04. The van der Waals surface area contributed by atoms with Gasteiger partial charge in [0.1, 0.15) is 0 Å². The molecule has 0 heterocycles. The van der Waals surface area contributed by atoms with Gasteiger partial charge in [-0.3, -0.25) is 15.0 Å². The first-order valence-electron chi connectivity index (χ1n) is 7.38. The van der Waals surface area contributed by atoms with Crippen LogP contribution in [0.4, 0.5) is 4.79 Å². The highest BCUT2D eigenvalue weighted by Gasteiger charge is 2.15. The molecule has 21 heavy (non-hydrogen) atoms. The standard InChI is InChI=1S/C16H25N3O2/c1-4-14(5-2)19(3)12-15(20)18-16(21)17-11-13-9-7-6-8-10-13/h6-10,14H,4-5,11-12H2,1-3H3,(H2,17,18,20,21). The van der Waals surface area contributed by atoms with Crippen LogP contribution in [0.1, 0.15) is 32.3 Å². The topological polar surface area (TPSA) is 61.4 Å². The number of urea groups is 1. The number of hydrogen-bond donors (Lipinski definition) is 2. The van der Waals surface area contributed by atoms with Gasteiger partial charge in [0, 0.05) is 12.6 Å². The first kappa shape index (κ1) is 17.2. The number of likely N-dealkylation sites (N-methyl/N-ethyl adjacent to an activating group) is 1. The second kappa shape index (κ2) is 9.13. The maximum Gasteiger partial charge on any atom is 0.321 e. The van der Waals surface area contributed by atoms with E-state index in [1.54, 1.807) is 0 Å². The Morgan fingerprint density at radius 1 is 1.14 bits per heavy atom. The van der Waals surface area contributed by atoms with Crippen molar-refractivity contribution in [1.82, 2.24) is 15.5 Å². The average molecular weight is 291 g/mol. The Bertz CT molecular complexity index is 444. The minimum absolute atomic E-state index is 0.227. The van der Waals surface area contributed by atoms with Gasteiger partial charge in [0.25, 0.3) is 0 Å². The van der Waals surface area contributed by atoms with E-state index >= 15 is 0 Å². The molecular formula is C16H25N3O2. The van der Waals surface area contributed by atoms with Gasteiger partial charge in [0.2, 0.25) is 5.91 Å². The molecular weight excluding hydrogens is 266 g/mol. The predicted molar refractivity (Wildman–Crippen MR) is 83.8 cm³/mol. The smallest absolute Gasteiger partial charge is 0.321 e. The molecule has 0 unspecified atom stereocenters. The van der Waals surface area contributed by atoms with Crippen LogP contribution in [0.25, 0.3) is 0 Å². The van der Waals surface area contributed by atoms with E-state index in [-0.39, 0.29) is 12.5 Å². The molecule has 0 saturated heterocycles. The van der Waals surface area contributed by atoms with Crippen LogP contribution < -0.4 is 10.6 Å². The molecule has 1 aromatic rings. The van der Waals surface area contributed by atoms with Gasteiger partial charge in [0.05, 0.1) is 6.54 Å². The third-order valence-electron chi connectivity index (χ3n) is 3.51. The molecule has 5 heteroatoms. The van der Waals surface area contributed by atoms with E-state index < -0.39 is 6.03 Å². The lowest BCUT2D eigenvalue weighted by molar-refractivity contribution is -0.121. The van der Waals surface area contributed by atoms with Crippen molar-refractivity contribution in [2.45, 2.75) is 39.3 Å². The van der Waals surface area contributed by atoms with Crippen LogP contribution in [0.15, 0.2) is 30.3 Å². The molecule has 0 aliphatic carbocycles. The summed E-state index contributed by atoms with van der Waals surface area (Å²) in [7, 11) is 1.90. The van der Waals surface area contributed by atoms with Crippen molar-refractivity contribution < 1.29 is 9.59 Å². The third-order valence-corrected chi connectivity index (χ3v) is 3.51. The number of carbonyl (C=O) groups excluding carboxylic acids is 2. The van der Waals surface area contributed by atoms with Crippen LogP contribution in [0.5, 0.6) is 0 Å². The maximum absolute atomic E-state index is 11.8. The number of rotatable bonds is 7. The number of amides is 3. The van der Waals surface area contributed by atoms with E-state index in [4.69, 9.17) is 0 Å². The number of nitrogens with zero attached hydrogens (tertiary/aromatic N) is 1. The fourth-order valence-corrected chi connectivity index (χ4v) is 2.26. The first-order valence-corrected chi connectivity index (χ1v) is 7.38. The molecule has 0 spiro atoms. The van der Waals surface area contributed by atoms with E-state index in [2.05, 4.69) is 24.5 Å². The Morgan fingerprint density at radius 2 is 1.76 bits per heavy atom. The molecule has 0 radical (unpaired) electrons. The van der Waals surface area contributed by atoms with Crippen molar-refractivity contribution in [2.24, 2.45) is 0 Å². The molecule has 2 N–H and O–H groups in total. The highest BCUT2D eigenvalue weighted by molar-refractivity contribution is 5.95. The summed E-state index contributed by atoms with van der Waals surface area (Å²) in [5.74, 6) is -0.282. The number of benzene rings is 1. The minimum atomic E-state index is -0.457. The van der Waals surface area contributed by atoms with Gasteiger partial charge in [-0.25, -0.2) is 4.79 Å². The summed E-state index contributed by atoms with van der Waals surface area (Å²) in [6, 6.07) is 9.48. The van der Waals surface area contributed by atoms with Crippen molar-refractivity contribution in [1.29, 1.82) is 0 Å². The number of imide groups is 1. The summed E-state index contributed by atoms with van der Waals surface area (Å²) < 4.78 is 0. The van der Waals surface area contributed by atoms with Gasteiger partial charge in [-0.15, -0.1) is 0 Å². The van der Waals surface area contributed by atoms with Crippen molar-refractivity contribution in [2.75, 3.05) is 13.6 Å². The summed E-state index contributed by atoms with van der Waals surface area (Å²) >= 11 is 0. The SMILES string of the molecule is CCC(CC)N(C)CC(=O)NC(=O)NCc1ccccc1. The Kier molecular flexibility index (Phi) is 7.46. The van der Waals surface area contributed by atoms with E-state index in [9.17, 15) is 9.59 Å². The zero-order chi connectivity index (χ0) is 15.7. The largest absolute Gasteiger partial charge is 0.334 e. The number of nitrogens with one attached hydrogen (secondary N) is 2. The fourth-order valence-electron chi connectivity index (χ4n) is 2.26. The molecule has 0 aromatic heterocycles. The fraction of sp³-hybridized carbons (Fsp3) is 0.500. The molecule has 0 atom stereocenters. The molecule has 0 aliphatic rings. The van der Waals surface area contributed by atoms with Crippen LogP contribution in [0.3, 0.4) is 0 Å². The molecule has 116 valence electrons. The number of carbonyl (C=O) groups is 2. The van der Waals surface area contributed by atoms with E-state index in [0.717, 1.165) is 18.4 Å². The average Bonchev–Trinajstić information content (AvgIpc) is 2.47. The number of hydrogen-bond acceptors (Lipinski definition) is 3. The van der Waals surface area contributed by atoms with Gasteiger partial charge >= 0.3 is 6.03 Å². The third kappa shape index (κ3) is 6.40. The zero-order valence-corrected chi connectivity index (χ0v) is 13.1. The van der Waals surface area contributed by atoms with Gasteiger partial charge in [-0.2, -0.15) is 0 Å². The molecule has 5 nitrogen and oxygen atoms in total. The summed E-state index contributed by atoms with van der Waals surface area (Å²) in [4.78, 5) is 25.4. The van der Waals surface area contributed by atoms with E-state index in [1.165, 1.54) is 0 Å². The van der Waals surface area contributed by atoms with Crippen molar-refractivity contribution >= 4 is 11.9 Å². The molecule has 0 bridgehead atoms. The second-order valence-electron chi connectivity index (χ2n) is 5.10. The van der Waals surface area contributed by atoms with Crippen molar-refractivity contribution in [3.05, 3.63) is 35.9 Å². The Labute approximate surface area is 126 Å². The van der Waals surface area contributed by atoms with Gasteiger partial charge in [-0.1, -0.05) is 44.2 Å². The zero-order valence-electron chi connectivity index (χ0n) is 13.1. The molecule has 0 aliphatic heterocycles. The van der Waals surface area contributed by atoms with Crippen LogP contribution in [-0.2, 0) is 11.3 Å². The molecule has 3 amide bonds. The lowest BCUT2D eigenvalue weighted by Crippen LogP contribution is -2.45. The Balaban J connectivity index is 2.32. The summed E-state index contributed by atoms with van der Waals surface area (Å²) in [6.45, 7) is 4.82. The maximum atomic E-state index is 11.8. The van der Waals surface area contributed by atoms with E-state index in [0.29, 0.717) is 12.6 Å². The lowest BCUT2D eigenvalue weighted by atomic mass is 10.1. The summed E-state index contributed by atoms with van der Waals surface area (Å²) in [5, 5.41) is 5.02. The van der Waals surface area contributed by atoms with Crippen molar-refractivity contribution in [3.8, 4) is 0 Å². The Morgan fingerprint density at radius 3 is 2.33 bits per heavy atom. The van der Waals surface area contributed by atoms with Gasteiger partial charge < -0.3 is 5.32 Å². The van der Waals surface area contributed by atoms with Gasteiger partial charge in [0.15, 0.2) is 0 Å². The molecule has 1 rings (SSSR count). The minimum Gasteiger partial charge on any atom is -0.334 e. The van der Waals surface area contributed by atoms with Crippen molar-refractivity contribution in [3.63, 3.8) is 0 Å². The molecule has 0 fully saturated rings.